The third-order valence-corrected chi connectivity index (χ3v) is 6.32. The molecule has 0 heterocycles. The highest BCUT2D eigenvalue weighted by atomic mass is 28.4. The third kappa shape index (κ3) is 7.28. The average Bonchev–Trinajstić information content (AvgIpc) is 2.58. The first kappa shape index (κ1) is 19.0. The Labute approximate surface area is 135 Å². The van der Waals surface area contributed by atoms with Crippen LogP contribution in [0.15, 0.2) is 35.3 Å². The lowest BCUT2D eigenvalue weighted by Gasteiger charge is -2.24. The molecule has 0 aliphatic rings. The van der Waals surface area contributed by atoms with E-state index in [0.29, 0.717) is 0 Å². The molecule has 0 saturated carbocycles. The summed E-state index contributed by atoms with van der Waals surface area (Å²) in [5.41, 5.74) is 1.29. The van der Waals surface area contributed by atoms with Gasteiger partial charge in [-0.25, -0.2) is 0 Å². The number of nitrogens with zero attached hydrogens (tertiary/aromatic N) is 1. The number of hydrogen-bond acceptors (Lipinski definition) is 5. The predicted octanol–water partition coefficient (Wildman–Crippen LogP) is 2.16. The summed E-state index contributed by atoms with van der Waals surface area (Å²) in [5.74, 6) is 0. The van der Waals surface area contributed by atoms with Crippen LogP contribution in [-0.2, 0) is 19.7 Å². The molecule has 0 aliphatic heterocycles. The summed E-state index contributed by atoms with van der Waals surface area (Å²) >= 11 is 0. The van der Waals surface area contributed by atoms with Crippen molar-refractivity contribution in [3.63, 3.8) is 0 Å². The van der Waals surface area contributed by atoms with Crippen molar-refractivity contribution in [2.45, 2.75) is 18.9 Å². The first-order valence-electron chi connectivity index (χ1n) is 7.64. The van der Waals surface area contributed by atoms with Crippen LogP contribution in [0.3, 0.4) is 0 Å². The van der Waals surface area contributed by atoms with Gasteiger partial charge in [0.25, 0.3) is 0 Å². The Hall–Kier alpha value is -1.05. The summed E-state index contributed by atoms with van der Waals surface area (Å²) in [7, 11) is 2.54. The molecule has 0 amide bonds. The molecule has 0 bridgehead atoms. The lowest BCUT2D eigenvalue weighted by Crippen LogP contribution is -2.43. The summed E-state index contributed by atoms with van der Waals surface area (Å²) in [6.07, 6.45) is 3.84. The van der Waals surface area contributed by atoms with Crippen molar-refractivity contribution in [3.05, 3.63) is 35.9 Å². The second-order valence-electron chi connectivity index (χ2n) is 4.93. The van der Waals surface area contributed by atoms with Crippen LogP contribution < -0.4 is 5.32 Å². The number of hydrogen-bond donors (Lipinski definition) is 1. The maximum Gasteiger partial charge on any atom is 0.500 e. The van der Waals surface area contributed by atoms with Gasteiger partial charge in [-0.2, -0.15) is 0 Å². The van der Waals surface area contributed by atoms with E-state index >= 15 is 0 Å². The van der Waals surface area contributed by atoms with E-state index < -0.39 is 8.80 Å². The maximum absolute atomic E-state index is 5.38. The highest BCUT2D eigenvalue weighted by molar-refractivity contribution is 6.60. The van der Waals surface area contributed by atoms with Crippen molar-refractivity contribution in [3.8, 4) is 0 Å². The first-order valence-corrected chi connectivity index (χ1v) is 9.58. The molecule has 0 unspecified atom stereocenters. The van der Waals surface area contributed by atoms with Gasteiger partial charge in [-0.05, 0) is 18.5 Å². The Morgan fingerprint density at radius 1 is 1.05 bits per heavy atom. The van der Waals surface area contributed by atoms with E-state index in [1.165, 1.54) is 5.56 Å². The van der Waals surface area contributed by atoms with E-state index in [1.807, 2.05) is 24.4 Å². The van der Waals surface area contributed by atoms with E-state index in [-0.39, 0.29) is 0 Å². The lowest BCUT2D eigenvalue weighted by atomic mass is 10.2. The van der Waals surface area contributed by atoms with Crippen molar-refractivity contribution in [2.24, 2.45) is 4.99 Å². The molecule has 0 aliphatic carbocycles. The molecule has 1 N–H and O–H groups in total. The quantitative estimate of drug-likeness (QED) is 0.364. The Balaban J connectivity index is 2.04. The van der Waals surface area contributed by atoms with Gasteiger partial charge >= 0.3 is 8.80 Å². The zero-order valence-electron chi connectivity index (χ0n) is 13.9. The molecule has 6 heteroatoms. The normalized spacial score (nSPS) is 12.1. The zero-order valence-corrected chi connectivity index (χ0v) is 14.9. The summed E-state index contributed by atoms with van der Waals surface area (Å²) in [6, 6.07) is 11.2. The van der Waals surface area contributed by atoms with E-state index in [2.05, 4.69) is 22.4 Å². The van der Waals surface area contributed by atoms with E-state index in [9.17, 15) is 0 Å². The van der Waals surface area contributed by atoms with Crippen LogP contribution >= 0.6 is 0 Å². The van der Waals surface area contributed by atoms with Crippen molar-refractivity contribution < 1.29 is 13.3 Å². The van der Waals surface area contributed by atoms with Gasteiger partial charge in [0.15, 0.2) is 0 Å². The Bertz CT molecular complexity index is 403. The fourth-order valence-electron chi connectivity index (χ4n) is 2.13. The van der Waals surface area contributed by atoms with Gasteiger partial charge in [-0.1, -0.05) is 30.3 Å². The van der Waals surface area contributed by atoms with Gasteiger partial charge in [0, 0.05) is 46.6 Å². The fraction of sp³-hybridized carbons (Fsp3) is 0.562. The molecule has 1 rings (SSSR count). The fourth-order valence-corrected chi connectivity index (χ4v) is 3.85. The molecule has 0 aromatic heterocycles. The van der Waals surface area contributed by atoms with Crippen molar-refractivity contribution >= 4 is 15.0 Å². The Morgan fingerprint density at radius 3 is 2.36 bits per heavy atom. The van der Waals surface area contributed by atoms with Crippen molar-refractivity contribution in [2.75, 3.05) is 41.0 Å². The monoisotopic (exact) mass is 324 g/mol. The highest BCUT2D eigenvalue weighted by Crippen LogP contribution is 2.14. The Morgan fingerprint density at radius 2 is 1.73 bits per heavy atom. The highest BCUT2D eigenvalue weighted by Gasteiger charge is 2.36. The maximum atomic E-state index is 5.38. The van der Waals surface area contributed by atoms with Crippen LogP contribution in [0.25, 0.3) is 0 Å². The molecule has 124 valence electrons. The minimum Gasteiger partial charge on any atom is -0.377 e. The van der Waals surface area contributed by atoms with Crippen LogP contribution in [0, 0.1) is 0 Å². The number of rotatable bonds is 12. The van der Waals surface area contributed by atoms with Crippen LogP contribution in [0.4, 0.5) is 0 Å². The molecular formula is C16H28N2O3Si. The van der Waals surface area contributed by atoms with Gasteiger partial charge in [-0.15, -0.1) is 0 Å². The van der Waals surface area contributed by atoms with E-state index in [4.69, 9.17) is 13.3 Å². The molecule has 1 aromatic rings. The van der Waals surface area contributed by atoms with Gasteiger partial charge in [-0.3, -0.25) is 4.99 Å². The molecule has 0 atom stereocenters. The van der Waals surface area contributed by atoms with Gasteiger partial charge < -0.3 is 18.6 Å². The molecule has 5 nitrogen and oxygen atoms in total. The van der Waals surface area contributed by atoms with Crippen LogP contribution in [0.5, 0.6) is 0 Å². The second kappa shape index (κ2) is 11.5. The van der Waals surface area contributed by atoms with E-state index in [1.54, 1.807) is 21.3 Å². The average molecular weight is 324 g/mol. The second-order valence-corrected chi connectivity index (χ2v) is 8.02. The first-order chi connectivity index (χ1) is 10.8. The minimum atomic E-state index is -2.41. The summed E-state index contributed by atoms with van der Waals surface area (Å²) < 4.78 is 16.1. The largest absolute Gasteiger partial charge is 0.500 e. The van der Waals surface area contributed by atoms with Crippen molar-refractivity contribution in [1.29, 1.82) is 0 Å². The summed E-state index contributed by atoms with van der Waals surface area (Å²) in [6.45, 7) is 2.60. The minimum absolute atomic E-state index is 0.800. The van der Waals surface area contributed by atoms with E-state index in [0.717, 1.165) is 38.5 Å². The van der Waals surface area contributed by atoms with Crippen molar-refractivity contribution in [1.82, 2.24) is 5.32 Å². The smallest absolute Gasteiger partial charge is 0.377 e. The summed E-state index contributed by atoms with van der Waals surface area (Å²) in [5, 5.41) is 3.37. The van der Waals surface area contributed by atoms with Crippen LogP contribution in [0.2, 0.25) is 6.04 Å². The summed E-state index contributed by atoms with van der Waals surface area (Å²) in [4.78, 5) is 4.41. The molecule has 0 fully saturated rings. The number of aliphatic imine (C=N–C) groups is 1. The number of nitrogens with one attached hydrogen (secondary N) is 1. The van der Waals surface area contributed by atoms with Crippen LogP contribution in [0.1, 0.15) is 12.0 Å². The molecule has 1 aromatic carbocycles. The molecular weight excluding hydrogens is 296 g/mol. The molecule has 22 heavy (non-hydrogen) atoms. The van der Waals surface area contributed by atoms with Gasteiger partial charge in [0.05, 0.1) is 6.54 Å². The topological polar surface area (TPSA) is 52.1 Å². The Kier molecular flexibility index (Phi) is 9.93. The standard InChI is InChI=1S/C16H28N2O3Si/c1-19-22(20-2,21-3)15-7-11-17-13-14-18-12-10-16-8-5-4-6-9-16/h4-6,8-9,12,17H,7,10-11,13-15H2,1-3H3. The number of benzene rings is 1. The molecule has 0 radical (unpaired) electrons. The SMILES string of the molecule is CO[Si](CCCNCCN=CCc1ccccc1)(OC)OC. The predicted molar refractivity (Wildman–Crippen MR) is 92.6 cm³/mol. The third-order valence-electron chi connectivity index (χ3n) is 3.49. The molecule has 0 saturated heterocycles. The van der Waals surface area contributed by atoms with Gasteiger partial charge in [0.1, 0.15) is 0 Å². The van der Waals surface area contributed by atoms with Gasteiger partial charge in [0.2, 0.25) is 0 Å². The lowest BCUT2D eigenvalue weighted by molar-refractivity contribution is 0.123. The van der Waals surface area contributed by atoms with Crippen LogP contribution in [-0.4, -0.2) is 56.0 Å². The molecule has 0 spiro atoms. The zero-order chi connectivity index (χ0) is 16.1.